The minimum absolute atomic E-state index is 0.0183. The molecule has 0 aliphatic carbocycles. The van der Waals surface area contributed by atoms with Crippen LogP contribution in [0.25, 0.3) is 4.96 Å². The Morgan fingerprint density at radius 3 is 2.48 bits per heavy atom. The molecule has 4 rings (SSSR count). The number of rotatable bonds is 5. The van der Waals surface area contributed by atoms with Crippen LogP contribution in [0.1, 0.15) is 27.6 Å². The van der Waals surface area contributed by atoms with E-state index in [0.717, 1.165) is 4.96 Å². The van der Waals surface area contributed by atoms with E-state index < -0.39 is 15.9 Å². The maximum Gasteiger partial charge on any atom is 0.309 e. The number of imidazole rings is 1. The van der Waals surface area contributed by atoms with E-state index in [-0.39, 0.29) is 16.0 Å². The van der Waals surface area contributed by atoms with Crippen molar-refractivity contribution in [2.75, 3.05) is 10.0 Å². The van der Waals surface area contributed by atoms with Crippen molar-refractivity contribution in [3.63, 3.8) is 0 Å². The number of sulfonamides is 1. The summed E-state index contributed by atoms with van der Waals surface area (Å²) in [6.07, 6.45) is 1.76. The molecule has 33 heavy (non-hydrogen) atoms. The van der Waals surface area contributed by atoms with E-state index in [1.54, 1.807) is 31.4 Å². The number of hydrogen-bond donors (Lipinski definition) is 4. The van der Waals surface area contributed by atoms with Crippen LogP contribution < -0.4 is 20.9 Å². The van der Waals surface area contributed by atoms with Crippen LogP contribution in [0.4, 0.5) is 11.7 Å². The van der Waals surface area contributed by atoms with E-state index in [0.29, 0.717) is 28.5 Å². The first-order valence-corrected chi connectivity index (χ1v) is 12.3. The summed E-state index contributed by atoms with van der Waals surface area (Å²) in [7, 11) is -3.87. The Bertz CT molecular complexity index is 1430. The van der Waals surface area contributed by atoms with Crippen LogP contribution in [0, 0.1) is 20.8 Å². The van der Waals surface area contributed by atoms with Crippen molar-refractivity contribution in [1.82, 2.24) is 25.2 Å². The maximum atomic E-state index is 12.5. The fraction of sp³-hybridized carbons (Fsp3) is 0.158. The number of anilines is 2. The smallest absolute Gasteiger partial charge is 0.309 e. The molecule has 14 heteroatoms. The van der Waals surface area contributed by atoms with Crippen molar-refractivity contribution in [2.45, 2.75) is 25.7 Å². The van der Waals surface area contributed by atoms with Gasteiger partial charge in [0.25, 0.3) is 15.9 Å². The molecule has 1 amide bonds. The Hall–Kier alpha value is -3.49. The van der Waals surface area contributed by atoms with Crippen LogP contribution in [0.3, 0.4) is 0 Å². The van der Waals surface area contributed by atoms with Gasteiger partial charge in [0.15, 0.2) is 10.1 Å². The lowest BCUT2D eigenvalue weighted by Crippen LogP contribution is -2.44. The number of aryl methyl sites for hydroxylation is 3. The van der Waals surface area contributed by atoms with Gasteiger partial charge in [0.05, 0.1) is 16.3 Å². The molecule has 3 heterocycles. The minimum Gasteiger partial charge on any atom is -0.428 e. The van der Waals surface area contributed by atoms with E-state index >= 15 is 0 Å². The molecule has 0 atom stereocenters. The molecular formula is C19H19N7O4S3. The molecule has 0 bridgehead atoms. The first-order chi connectivity index (χ1) is 15.6. The molecule has 172 valence electrons. The average molecular weight is 506 g/mol. The van der Waals surface area contributed by atoms with Gasteiger partial charge in [0, 0.05) is 17.3 Å². The summed E-state index contributed by atoms with van der Waals surface area (Å²) in [5.74, 6) is 0.135. The Balaban J connectivity index is 1.35. The lowest BCUT2D eigenvalue weighted by molar-refractivity contribution is 0.0937. The average Bonchev–Trinajstić information content (AvgIpc) is 3.40. The SMILES string of the molecule is Cc1nc(NS(=O)(=O)c2ccc(NC(=S)NNC(=O)c3c(C)nc4sccn34)cc2)oc1C. The maximum absolute atomic E-state index is 12.5. The van der Waals surface area contributed by atoms with Crippen molar-refractivity contribution in [2.24, 2.45) is 0 Å². The molecule has 3 aromatic heterocycles. The molecule has 0 aliphatic rings. The Morgan fingerprint density at radius 2 is 1.82 bits per heavy atom. The number of carbonyl (C=O) groups is 1. The Kier molecular flexibility index (Phi) is 6.05. The second kappa shape index (κ2) is 8.80. The number of thiocarbonyl (C=S) groups is 1. The van der Waals surface area contributed by atoms with Gasteiger partial charge in [0.1, 0.15) is 11.5 Å². The number of hydrazine groups is 1. The molecule has 0 spiro atoms. The molecule has 1 aromatic carbocycles. The third-order valence-electron chi connectivity index (χ3n) is 4.61. The highest BCUT2D eigenvalue weighted by molar-refractivity contribution is 7.92. The number of nitrogens with one attached hydrogen (secondary N) is 4. The second-order valence-electron chi connectivity index (χ2n) is 6.93. The van der Waals surface area contributed by atoms with Crippen LogP contribution in [-0.2, 0) is 10.0 Å². The van der Waals surface area contributed by atoms with Crippen molar-refractivity contribution >= 4 is 61.3 Å². The number of nitrogens with zero attached hydrogens (tertiary/aromatic N) is 3. The molecule has 0 saturated carbocycles. The number of aromatic nitrogens is 3. The zero-order chi connectivity index (χ0) is 23.8. The molecule has 0 radical (unpaired) electrons. The van der Waals surface area contributed by atoms with Gasteiger partial charge in [-0.2, -0.15) is 4.98 Å². The second-order valence-corrected chi connectivity index (χ2v) is 9.89. The summed E-state index contributed by atoms with van der Waals surface area (Å²) < 4.78 is 34.3. The van der Waals surface area contributed by atoms with Crippen molar-refractivity contribution in [3.8, 4) is 0 Å². The lowest BCUT2D eigenvalue weighted by atomic mass is 10.3. The first kappa shape index (κ1) is 22.7. The van der Waals surface area contributed by atoms with Gasteiger partial charge in [-0.15, -0.1) is 11.3 Å². The molecule has 0 aliphatic heterocycles. The molecule has 4 aromatic rings. The highest BCUT2D eigenvalue weighted by Gasteiger charge is 2.19. The molecule has 4 N–H and O–H groups in total. The van der Waals surface area contributed by atoms with Gasteiger partial charge in [-0.05, 0) is 57.3 Å². The van der Waals surface area contributed by atoms with Gasteiger partial charge >= 0.3 is 6.01 Å². The van der Waals surface area contributed by atoms with Gasteiger partial charge in [-0.1, -0.05) is 0 Å². The predicted molar refractivity (Wildman–Crippen MR) is 128 cm³/mol. The van der Waals surface area contributed by atoms with E-state index in [9.17, 15) is 13.2 Å². The third-order valence-corrected chi connectivity index (χ3v) is 6.91. The molecular weight excluding hydrogens is 486 g/mol. The normalized spacial score (nSPS) is 11.4. The van der Waals surface area contributed by atoms with Crippen LogP contribution >= 0.6 is 23.6 Å². The van der Waals surface area contributed by atoms with E-state index in [1.165, 1.54) is 35.6 Å². The van der Waals surface area contributed by atoms with E-state index in [4.69, 9.17) is 16.6 Å². The van der Waals surface area contributed by atoms with Gasteiger partial charge in [0.2, 0.25) is 0 Å². The highest BCUT2D eigenvalue weighted by Crippen LogP contribution is 2.20. The van der Waals surface area contributed by atoms with Crippen LogP contribution in [0.2, 0.25) is 0 Å². The summed E-state index contributed by atoms with van der Waals surface area (Å²) in [5, 5.41) is 4.82. The number of fused-ring (bicyclic) bond motifs is 1. The molecule has 0 unspecified atom stereocenters. The predicted octanol–water partition coefficient (Wildman–Crippen LogP) is 2.74. The summed E-state index contributed by atoms with van der Waals surface area (Å²) >= 11 is 6.62. The van der Waals surface area contributed by atoms with Crippen LogP contribution in [0.5, 0.6) is 0 Å². The standard InChI is InChI=1S/C19H19N7O4S3/c1-10-12(3)30-17(20-10)25-33(28,29)14-6-4-13(5-7-14)22-18(31)24-23-16(27)15-11(2)21-19-26(15)8-9-32-19/h4-9H,1-3H3,(H,20,25)(H,23,27)(H2,22,24,31). The summed E-state index contributed by atoms with van der Waals surface area (Å²) in [6, 6.07) is 5.77. The number of amides is 1. The lowest BCUT2D eigenvalue weighted by Gasteiger charge is -2.12. The van der Waals surface area contributed by atoms with Gasteiger partial charge < -0.3 is 9.73 Å². The fourth-order valence-electron chi connectivity index (χ4n) is 2.91. The van der Waals surface area contributed by atoms with Gasteiger partial charge in [-0.25, -0.2) is 18.1 Å². The van der Waals surface area contributed by atoms with Crippen molar-refractivity contribution < 1.29 is 17.6 Å². The summed E-state index contributed by atoms with van der Waals surface area (Å²) in [5.41, 5.74) is 7.26. The van der Waals surface area contributed by atoms with Crippen LogP contribution in [0.15, 0.2) is 45.2 Å². The topological polar surface area (TPSA) is 143 Å². The Morgan fingerprint density at radius 1 is 1.09 bits per heavy atom. The minimum atomic E-state index is -3.87. The third kappa shape index (κ3) is 4.81. The summed E-state index contributed by atoms with van der Waals surface area (Å²) in [6.45, 7) is 5.16. The Labute approximate surface area is 198 Å². The van der Waals surface area contributed by atoms with E-state index in [2.05, 4.69) is 30.9 Å². The first-order valence-electron chi connectivity index (χ1n) is 9.50. The zero-order valence-electron chi connectivity index (χ0n) is 17.7. The number of carbonyl (C=O) groups excluding carboxylic acids is 1. The fourth-order valence-corrected chi connectivity index (χ4v) is 4.77. The summed E-state index contributed by atoms with van der Waals surface area (Å²) in [4.78, 5) is 21.6. The number of hydrogen-bond acceptors (Lipinski definition) is 8. The quantitative estimate of drug-likeness (QED) is 0.238. The van der Waals surface area contributed by atoms with Crippen molar-refractivity contribution in [1.29, 1.82) is 0 Å². The largest absolute Gasteiger partial charge is 0.428 e. The molecule has 0 fully saturated rings. The van der Waals surface area contributed by atoms with Crippen LogP contribution in [-0.4, -0.2) is 33.8 Å². The zero-order valence-corrected chi connectivity index (χ0v) is 20.1. The highest BCUT2D eigenvalue weighted by atomic mass is 32.2. The number of oxazole rings is 1. The molecule has 0 saturated heterocycles. The number of thiazole rings is 1. The van der Waals surface area contributed by atoms with E-state index in [1.807, 2.05) is 5.38 Å². The monoisotopic (exact) mass is 505 g/mol. The van der Waals surface area contributed by atoms with Crippen molar-refractivity contribution in [3.05, 3.63) is 58.7 Å². The number of benzene rings is 1. The van der Waals surface area contributed by atoms with Gasteiger partial charge in [-0.3, -0.25) is 20.0 Å². The molecule has 11 nitrogen and oxygen atoms in total.